The highest BCUT2D eigenvalue weighted by Crippen LogP contribution is 2.35. The molecule has 0 aliphatic carbocycles. The minimum atomic E-state index is -1.59. The standard InChI is InChI=1S/C42H68N4O17.C4H10S6.FH/c43-31(40(58)59)13-11-12-24-44-34(49)22-16-27(38(54)55)25-29(47)19-21-33(42(62)63)46-36(51)23-17-28(39(56)57)26-30(48)18-20-32(41(60)61)45-35(50)14-9-7-5-3-1-2-4-6-8-10-15-37(52)53;1-5-7-3-9-10-4-8-6-2;/h27-28,31-33H,1-26,43H2,(H,44,49)(H,45,50)(H,46,51)(H,52,53)(H,54,55)(H,56,57)(H,58,59)(H,60,61)(H,62,63);3-4H2,1-2H3;1H/t27-,28-,31+,32+,33+;;/m1../s1/i/hD. The Balaban J connectivity index is -0.00000422. The van der Waals surface area contributed by atoms with Crippen LogP contribution in [0.4, 0.5) is 4.70 Å². The van der Waals surface area contributed by atoms with Gasteiger partial charge in [-0.05, 0) is 70.3 Å². The minimum absolute atomic E-state index is 0. The van der Waals surface area contributed by atoms with Crippen molar-refractivity contribution in [3.63, 3.8) is 0 Å². The molecule has 0 heterocycles. The second-order valence-electron chi connectivity index (χ2n) is 16.8. The molecule has 0 saturated heterocycles. The Labute approximate surface area is 458 Å². The Morgan fingerprint density at radius 3 is 1.23 bits per heavy atom. The lowest BCUT2D eigenvalue weighted by molar-refractivity contribution is -0.145. The van der Waals surface area contributed by atoms with Gasteiger partial charge in [0.25, 0.3) is 0 Å². The minimum Gasteiger partial charge on any atom is -0.481 e. The maximum absolute atomic E-state index is 12.7. The Bertz CT molecular complexity index is 1710. The molecule has 0 fully saturated rings. The smallest absolute Gasteiger partial charge is 0.326 e. The molecule has 28 heteroatoms. The van der Waals surface area contributed by atoms with Crippen LogP contribution in [0.1, 0.15) is 161 Å². The van der Waals surface area contributed by atoms with Gasteiger partial charge in [-0.25, -0.2) is 9.59 Å². The van der Waals surface area contributed by atoms with E-state index in [9.17, 15) is 73.2 Å². The molecule has 21 nitrogen and oxygen atoms in total. The van der Waals surface area contributed by atoms with E-state index >= 15 is 0 Å². The summed E-state index contributed by atoms with van der Waals surface area (Å²) in [5, 5.41) is 65.5. The van der Waals surface area contributed by atoms with Gasteiger partial charge in [-0.1, -0.05) is 116 Å². The fourth-order valence-electron chi connectivity index (χ4n) is 6.74. The second-order valence-corrected chi connectivity index (χ2v) is 25.2. The molecule has 3 amide bonds. The maximum Gasteiger partial charge on any atom is 0.326 e. The molecule has 0 aromatic rings. The van der Waals surface area contributed by atoms with Gasteiger partial charge in [0.2, 0.25) is 17.7 Å². The van der Waals surface area contributed by atoms with Crippen LogP contribution in [0.3, 0.4) is 0 Å². The summed E-state index contributed by atoms with van der Waals surface area (Å²) in [7, 11) is 11.4. The summed E-state index contributed by atoms with van der Waals surface area (Å²) < 4.78 is 6.98. The molecule has 0 aromatic carbocycles. The van der Waals surface area contributed by atoms with Crippen molar-refractivity contribution >= 4 is 130 Å². The molecule has 0 spiro atoms. The van der Waals surface area contributed by atoms with E-state index in [1.807, 2.05) is 70.5 Å². The first kappa shape index (κ1) is 72.6. The van der Waals surface area contributed by atoms with Gasteiger partial charge in [-0.15, -0.1) is 0 Å². The largest absolute Gasteiger partial charge is 0.481 e. The average Bonchev–Trinajstić information content (AvgIpc) is 3.33. The van der Waals surface area contributed by atoms with Gasteiger partial charge >= 0.3 is 35.8 Å². The molecular weight excluding hydrogens is 1090 g/mol. The molecular formula is C46H79FN4O17S6. The molecule has 0 aliphatic heterocycles. The zero-order valence-corrected chi connectivity index (χ0v) is 47.1. The zero-order chi connectivity index (χ0) is 56.1. The van der Waals surface area contributed by atoms with Crippen LogP contribution >= 0.6 is 64.8 Å². The van der Waals surface area contributed by atoms with E-state index in [-0.39, 0.29) is 62.6 Å². The van der Waals surface area contributed by atoms with Crippen molar-refractivity contribution in [1.82, 2.24) is 16.0 Å². The number of unbranched alkanes of at least 4 members (excludes halogenated alkanes) is 10. The van der Waals surface area contributed by atoms with E-state index in [1.54, 1.807) is 0 Å². The number of nitrogens with two attached hydrogens (primary N) is 1. The Hall–Kier alpha value is -3.44. The highest BCUT2D eigenvalue weighted by Gasteiger charge is 2.28. The molecule has 0 saturated carbocycles. The van der Waals surface area contributed by atoms with Gasteiger partial charge in [-0.2, -0.15) is 0 Å². The number of rotatable bonds is 49. The summed E-state index contributed by atoms with van der Waals surface area (Å²) in [6.07, 6.45) is 10.4. The average molecular weight is 1170 g/mol. The molecule has 5 atom stereocenters. The van der Waals surface area contributed by atoms with E-state index in [0.717, 1.165) is 51.4 Å². The van der Waals surface area contributed by atoms with Gasteiger partial charge in [-0.3, -0.25) is 47.9 Å². The van der Waals surface area contributed by atoms with Crippen molar-refractivity contribution in [2.75, 3.05) is 29.2 Å². The maximum atomic E-state index is 12.7. The van der Waals surface area contributed by atoms with Gasteiger partial charge in [0.15, 0.2) is 0 Å². The Morgan fingerprint density at radius 1 is 0.446 bits per heavy atom. The van der Waals surface area contributed by atoms with E-state index < -0.39 is 127 Å². The first-order valence-corrected chi connectivity index (χ1v) is 32.1. The third-order valence-corrected chi connectivity index (χ3v) is 18.4. The van der Waals surface area contributed by atoms with E-state index in [2.05, 4.69) is 28.5 Å². The van der Waals surface area contributed by atoms with Crippen molar-refractivity contribution in [2.45, 2.75) is 179 Å². The fourth-order valence-corrected chi connectivity index (χ4v) is 14.2. The van der Waals surface area contributed by atoms with Gasteiger partial charge in [0.05, 0.1) is 22.0 Å². The molecule has 11 N–H and O–H groups in total. The van der Waals surface area contributed by atoms with Crippen LogP contribution in [0.2, 0.25) is 1.41 Å². The molecule has 0 aliphatic rings. The van der Waals surface area contributed by atoms with Gasteiger partial charge in [0.1, 0.15) is 31.1 Å². The predicted molar refractivity (Wildman–Crippen MR) is 293 cm³/mol. The number of halogens is 1. The highest BCUT2D eigenvalue weighted by atomic mass is 33.2. The summed E-state index contributed by atoms with van der Waals surface area (Å²) in [6.45, 7) is 0.181. The topological polar surface area (TPSA) is 371 Å². The lowest BCUT2D eigenvalue weighted by Crippen LogP contribution is -2.41. The molecule has 0 radical (unpaired) electrons. The van der Waals surface area contributed by atoms with Gasteiger partial charge < -0.3 is 52.3 Å². The SMILES string of the molecule is CSSCSSCSSC.F.[2H]N[C@@H](CCCCNC(=O)CC[C@H](CC(=O)CC[C@H](NC(=O)CC[C@H](CC(=O)CC[C@H](NC(=O)CCCCCCCCCCCCC(=O)O)C(=O)O)C(=O)O)C(=O)O)C(=O)O)C(=O)O. The van der Waals surface area contributed by atoms with Crippen LogP contribution in [0, 0.1) is 11.8 Å². The third-order valence-electron chi connectivity index (χ3n) is 10.9. The molecule has 0 bridgehead atoms. The number of amides is 3. The second kappa shape index (κ2) is 49.2. The number of carboxylic acids is 6. The number of carboxylic acid groups (broad SMARTS) is 6. The fraction of sp³-hybridized carbons (Fsp3) is 0.761. The monoisotopic (exact) mass is 1170 g/mol. The van der Waals surface area contributed by atoms with Crippen LogP contribution in [0.15, 0.2) is 0 Å². The lowest BCUT2D eigenvalue weighted by Gasteiger charge is -2.17. The highest BCUT2D eigenvalue weighted by molar-refractivity contribution is 8.88. The number of ketones is 2. The van der Waals surface area contributed by atoms with Crippen LogP contribution in [-0.2, 0) is 52.7 Å². The summed E-state index contributed by atoms with van der Waals surface area (Å²) in [5.41, 5.74) is 1.91. The van der Waals surface area contributed by atoms with Crippen molar-refractivity contribution in [3.05, 3.63) is 0 Å². The number of carbonyl (C=O) groups is 11. The van der Waals surface area contributed by atoms with Crippen LogP contribution in [0.25, 0.3) is 0 Å². The quantitative estimate of drug-likeness (QED) is 0.0160. The van der Waals surface area contributed by atoms with Gasteiger partial charge in [0, 0.05) is 57.9 Å². The first-order valence-electron chi connectivity index (χ1n) is 24.7. The van der Waals surface area contributed by atoms with Crippen LogP contribution in [-0.4, -0.2) is 143 Å². The van der Waals surface area contributed by atoms with Crippen LogP contribution < -0.4 is 21.7 Å². The van der Waals surface area contributed by atoms with Crippen molar-refractivity contribution in [1.29, 1.82) is 0 Å². The molecule has 0 unspecified atom stereocenters. The summed E-state index contributed by atoms with van der Waals surface area (Å²) in [6, 6.07) is -4.02. The molecule has 0 aromatic heterocycles. The summed E-state index contributed by atoms with van der Waals surface area (Å²) >= 11 is 0. The Kier molecular flexibility index (Phi) is 48.2. The van der Waals surface area contributed by atoms with E-state index in [1.165, 1.54) is 10.2 Å². The molecule has 428 valence electrons. The number of Topliss-reactive ketones (excluding diaryl/α,β-unsaturated/α-hetero) is 2. The predicted octanol–water partition coefficient (Wildman–Crippen LogP) is 7.49. The normalized spacial score (nSPS) is 12.9. The number of aliphatic carboxylic acids is 6. The number of hydrogen-bond acceptors (Lipinski definition) is 18. The third kappa shape index (κ3) is 45.9. The zero-order valence-electron chi connectivity index (χ0n) is 43.2. The number of hydrogen-bond donors (Lipinski definition) is 10. The molecule has 0 rings (SSSR count). The van der Waals surface area contributed by atoms with Crippen molar-refractivity contribution in [3.8, 4) is 0 Å². The van der Waals surface area contributed by atoms with Crippen molar-refractivity contribution < 1.29 is 89.5 Å². The lowest BCUT2D eigenvalue weighted by atomic mass is 9.93. The van der Waals surface area contributed by atoms with Crippen molar-refractivity contribution in [2.24, 2.45) is 17.6 Å². The Morgan fingerprint density at radius 2 is 0.851 bits per heavy atom. The molecule has 74 heavy (non-hydrogen) atoms. The van der Waals surface area contributed by atoms with E-state index in [4.69, 9.17) is 11.6 Å². The first-order chi connectivity index (χ1) is 35.2. The number of nitrogens with one attached hydrogen (secondary N) is 3. The summed E-state index contributed by atoms with van der Waals surface area (Å²) in [5.74, 6) is -13.4. The summed E-state index contributed by atoms with van der Waals surface area (Å²) in [4.78, 5) is 131. The number of carbonyl (C=O) groups excluding carboxylic acids is 5. The van der Waals surface area contributed by atoms with Crippen LogP contribution in [0.5, 0.6) is 0 Å². The van der Waals surface area contributed by atoms with E-state index in [0.29, 0.717) is 25.7 Å².